The molecule has 0 fully saturated rings. The van der Waals surface area contributed by atoms with Crippen LogP contribution in [0.5, 0.6) is 0 Å². The molecule has 3 nitrogen and oxygen atoms in total. The Morgan fingerprint density at radius 3 is 2.74 bits per heavy atom. The molecule has 0 amide bonds. The number of anilines is 3. The highest BCUT2D eigenvalue weighted by Crippen LogP contribution is 2.33. The Kier molecular flexibility index (Phi) is 3.72. The molecule has 0 saturated carbocycles. The molecule has 96 valence electrons. The van der Waals surface area contributed by atoms with Crippen molar-refractivity contribution in [2.75, 3.05) is 17.7 Å². The van der Waals surface area contributed by atoms with E-state index in [4.69, 9.17) is 11.0 Å². The highest BCUT2D eigenvalue weighted by atomic mass is 79.9. The van der Waals surface area contributed by atoms with Crippen LogP contribution in [-0.4, -0.2) is 7.05 Å². The van der Waals surface area contributed by atoms with Crippen molar-refractivity contribution < 1.29 is 4.39 Å². The summed E-state index contributed by atoms with van der Waals surface area (Å²) in [5.41, 5.74) is 8.21. The van der Waals surface area contributed by atoms with E-state index in [1.54, 1.807) is 29.2 Å². The maximum Gasteiger partial charge on any atom is 0.139 e. The van der Waals surface area contributed by atoms with E-state index >= 15 is 0 Å². The molecule has 5 heteroatoms. The van der Waals surface area contributed by atoms with Crippen LogP contribution in [-0.2, 0) is 0 Å². The summed E-state index contributed by atoms with van der Waals surface area (Å²) < 4.78 is 13.7. The fourth-order valence-corrected chi connectivity index (χ4v) is 2.10. The maximum atomic E-state index is 13.4. The average molecular weight is 320 g/mol. The quantitative estimate of drug-likeness (QED) is 0.856. The van der Waals surface area contributed by atoms with E-state index in [9.17, 15) is 4.39 Å². The minimum atomic E-state index is -0.402. The third kappa shape index (κ3) is 2.69. The largest absolute Gasteiger partial charge is 0.397 e. The van der Waals surface area contributed by atoms with Crippen molar-refractivity contribution in [2.24, 2.45) is 0 Å². The fraction of sp³-hybridized carbons (Fsp3) is 0.0714. The van der Waals surface area contributed by atoms with Gasteiger partial charge in [0.25, 0.3) is 0 Å². The number of hydrogen-bond acceptors (Lipinski definition) is 3. The lowest BCUT2D eigenvalue weighted by molar-refractivity contribution is 0.622. The standard InChI is InChI=1S/C14H11BrFN3/c1-19(10-4-2-3-9(5-10)8-17)14-6-11(15)12(16)7-13(14)18/h2-7H,18H2,1H3. The van der Waals surface area contributed by atoms with Crippen molar-refractivity contribution in [1.82, 2.24) is 0 Å². The average Bonchev–Trinajstić information content (AvgIpc) is 2.42. The van der Waals surface area contributed by atoms with Crippen LogP contribution in [0.4, 0.5) is 21.5 Å². The van der Waals surface area contributed by atoms with Crippen LogP contribution < -0.4 is 10.6 Å². The van der Waals surface area contributed by atoms with Gasteiger partial charge in [0.05, 0.1) is 27.5 Å². The zero-order valence-corrected chi connectivity index (χ0v) is 11.8. The van der Waals surface area contributed by atoms with E-state index in [0.29, 0.717) is 21.4 Å². The fourth-order valence-electron chi connectivity index (χ4n) is 1.77. The van der Waals surface area contributed by atoms with Crippen LogP contribution >= 0.6 is 15.9 Å². The maximum absolute atomic E-state index is 13.4. The monoisotopic (exact) mass is 319 g/mol. The van der Waals surface area contributed by atoms with Gasteiger partial charge in [-0.2, -0.15) is 5.26 Å². The van der Waals surface area contributed by atoms with Crippen molar-refractivity contribution in [3.05, 3.63) is 52.3 Å². The van der Waals surface area contributed by atoms with Gasteiger partial charge in [0.2, 0.25) is 0 Å². The predicted octanol–water partition coefficient (Wildman–Crippen LogP) is 3.81. The van der Waals surface area contributed by atoms with Crippen LogP contribution in [0.25, 0.3) is 0 Å². The van der Waals surface area contributed by atoms with Crippen molar-refractivity contribution in [3.8, 4) is 6.07 Å². The number of benzene rings is 2. The first kappa shape index (κ1) is 13.4. The summed E-state index contributed by atoms with van der Waals surface area (Å²) in [5.74, 6) is -0.402. The summed E-state index contributed by atoms with van der Waals surface area (Å²) in [6.45, 7) is 0. The summed E-state index contributed by atoms with van der Waals surface area (Å²) in [5, 5.41) is 8.90. The lowest BCUT2D eigenvalue weighted by Crippen LogP contribution is -2.12. The van der Waals surface area contributed by atoms with Gasteiger partial charge in [-0.1, -0.05) is 6.07 Å². The van der Waals surface area contributed by atoms with E-state index in [0.717, 1.165) is 5.69 Å². The topological polar surface area (TPSA) is 53.0 Å². The molecule has 2 rings (SSSR count). The zero-order valence-electron chi connectivity index (χ0n) is 10.2. The minimum absolute atomic E-state index is 0.338. The number of rotatable bonds is 2. The molecule has 0 aliphatic rings. The first-order valence-electron chi connectivity index (χ1n) is 5.51. The summed E-state index contributed by atoms with van der Waals surface area (Å²) >= 11 is 3.14. The molecule has 0 unspecified atom stereocenters. The third-order valence-electron chi connectivity index (χ3n) is 2.79. The predicted molar refractivity (Wildman–Crippen MR) is 77.7 cm³/mol. The molecule has 0 aromatic heterocycles. The van der Waals surface area contributed by atoms with Crippen LogP contribution in [0.15, 0.2) is 40.9 Å². The van der Waals surface area contributed by atoms with Crippen molar-refractivity contribution in [1.29, 1.82) is 5.26 Å². The molecule has 0 aliphatic carbocycles. The van der Waals surface area contributed by atoms with E-state index in [-0.39, 0.29) is 0 Å². The smallest absolute Gasteiger partial charge is 0.139 e. The summed E-state index contributed by atoms with van der Waals surface area (Å²) in [6.07, 6.45) is 0. The molecule has 19 heavy (non-hydrogen) atoms. The summed E-state index contributed by atoms with van der Waals surface area (Å²) in [4.78, 5) is 1.81. The van der Waals surface area contributed by atoms with E-state index in [1.165, 1.54) is 6.07 Å². The first-order valence-corrected chi connectivity index (χ1v) is 6.30. The van der Waals surface area contributed by atoms with E-state index in [1.807, 2.05) is 13.1 Å². The normalized spacial score (nSPS) is 10.0. The summed E-state index contributed by atoms with van der Waals surface area (Å²) in [7, 11) is 1.81. The summed E-state index contributed by atoms with van der Waals surface area (Å²) in [6, 6.07) is 12.1. The van der Waals surface area contributed by atoms with Gasteiger partial charge in [-0.25, -0.2) is 4.39 Å². The highest BCUT2D eigenvalue weighted by molar-refractivity contribution is 9.10. The Labute approximate surface area is 119 Å². The van der Waals surface area contributed by atoms with Gasteiger partial charge in [-0.15, -0.1) is 0 Å². The lowest BCUT2D eigenvalue weighted by atomic mass is 10.2. The number of hydrogen-bond donors (Lipinski definition) is 1. The van der Waals surface area contributed by atoms with E-state index in [2.05, 4.69) is 22.0 Å². The van der Waals surface area contributed by atoms with E-state index < -0.39 is 5.82 Å². The number of nitrogen functional groups attached to an aromatic ring is 1. The zero-order chi connectivity index (χ0) is 14.0. The van der Waals surface area contributed by atoms with Gasteiger partial charge in [-0.05, 0) is 40.2 Å². The molecule has 2 N–H and O–H groups in total. The molecule has 0 spiro atoms. The molecular formula is C14H11BrFN3. The molecule has 2 aromatic carbocycles. The van der Waals surface area contributed by atoms with Crippen molar-refractivity contribution >= 4 is 33.0 Å². The first-order chi connectivity index (χ1) is 9.02. The molecule has 0 aliphatic heterocycles. The van der Waals surface area contributed by atoms with Crippen LogP contribution in [0.3, 0.4) is 0 Å². The number of nitrogens with two attached hydrogens (primary N) is 1. The molecule has 0 bridgehead atoms. The Morgan fingerprint density at radius 1 is 1.32 bits per heavy atom. The SMILES string of the molecule is CN(c1cccc(C#N)c1)c1cc(Br)c(F)cc1N. The van der Waals surface area contributed by atoms with Gasteiger partial charge < -0.3 is 10.6 Å². The molecular weight excluding hydrogens is 309 g/mol. The second-order valence-corrected chi connectivity index (χ2v) is 4.90. The third-order valence-corrected chi connectivity index (χ3v) is 3.40. The molecule has 0 atom stereocenters. The molecule has 0 saturated heterocycles. The number of halogens is 2. The van der Waals surface area contributed by atoms with Crippen LogP contribution in [0.2, 0.25) is 0 Å². The molecule has 0 heterocycles. The number of nitriles is 1. The van der Waals surface area contributed by atoms with Crippen LogP contribution in [0.1, 0.15) is 5.56 Å². The second-order valence-electron chi connectivity index (χ2n) is 4.05. The van der Waals surface area contributed by atoms with Gasteiger partial charge in [0, 0.05) is 18.8 Å². The highest BCUT2D eigenvalue weighted by Gasteiger charge is 2.11. The molecule has 2 aromatic rings. The lowest BCUT2D eigenvalue weighted by Gasteiger charge is -2.22. The Morgan fingerprint density at radius 2 is 2.05 bits per heavy atom. The van der Waals surface area contributed by atoms with Gasteiger partial charge in [-0.3, -0.25) is 0 Å². The van der Waals surface area contributed by atoms with Gasteiger partial charge in [0.15, 0.2) is 0 Å². The Bertz CT molecular complexity index is 664. The number of nitrogens with zero attached hydrogens (tertiary/aromatic N) is 2. The van der Waals surface area contributed by atoms with Crippen molar-refractivity contribution in [2.45, 2.75) is 0 Å². The second kappa shape index (κ2) is 5.29. The van der Waals surface area contributed by atoms with Crippen molar-refractivity contribution in [3.63, 3.8) is 0 Å². The minimum Gasteiger partial charge on any atom is -0.397 e. The van der Waals surface area contributed by atoms with Crippen LogP contribution in [0, 0.1) is 17.1 Å². The van der Waals surface area contributed by atoms with Gasteiger partial charge in [0.1, 0.15) is 5.82 Å². The molecule has 0 radical (unpaired) electrons. The Balaban J connectivity index is 2.47. The van der Waals surface area contributed by atoms with Gasteiger partial charge >= 0.3 is 0 Å². The Hall–Kier alpha value is -2.06.